The van der Waals surface area contributed by atoms with Gasteiger partial charge in [0.25, 0.3) is 0 Å². The van der Waals surface area contributed by atoms with E-state index in [4.69, 9.17) is 5.11 Å². The largest absolute Gasteiger partial charge is 0.508 e. The molecule has 0 aliphatic rings. The van der Waals surface area contributed by atoms with E-state index in [0.29, 0.717) is 5.56 Å². The molecule has 1 rings (SSSR count). The third kappa shape index (κ3) is 9.35. The maximum absolute atomic E-state index is 13.2. The molecule has 4 atom stereocenters. The number of phenolic OH excluding ortho intramolecular Hbond substituents is 1. The lowest BCUT2D eigenvalue weighted by molar-refractivity contribution is -0.140. The van der Waals surface area contributed by atoms with E-state index in [2.05, 4.69) is 16.0 Å². The standard InChI is InChI=1S/C24H34N4O8/c1-13(2)21(24(36)25-14(3)22(34)26-17(12-29)11-20(32)33)27-23(35)19(28(5)15(4)30)10-16-6-8-18(31)9-7-16/h6-9,12-14,17,19,21,31H,10-11H2,1-5H3,(H,25,36)(H,26,34)(H,27,35)(H,32,33)/t14-,17-,19-,21+/m1/s1. The van der Waals surface area contributed by atoms with Gasteiger partial charge in [0.1, 0.15) is 30.2 Å². The van der Waals surface area contributed by atoms with Gasteiger partial charge in [0.2, 0.25) is 23.6 Å². The van der Waals surface area contributed by atoms with E-state index in [0.717, 1.165) is 0 Å². The van der Waals surface area contributed by atoms with E-state index in [-0.39, 0.29) is 24.4 Å². The van der Waals surface area contributed by atoms with Crippen LogP contribution in [0.2, 0.25) is 0 Å². The summed E-state index contributed by atoms with van der Waals surface area (Å²) in [4.78, 5) is 73.4. The fraction of sp³-hybridized carbons (Fsp3) is 0.500. The van der Waals surface area contributed by atoms with Crippen LogP contribution in [0.1, 0.15) is 39.7 Å². The summed E-state index contributed by atoms with van der Waals surface area (Å²) in [5, 5.41) is 25.6. The number of nitrogens with one attached hydrogen (secondary N) is 3. The van der Waals surface area contributed by atoms with Crippen molar-refractivity contribution in [2.45, 2.75) is 64.7 Å². The molecule has 0 spiro atoms. The van der Waals surface area contributed by atoms with Gasteiger partial charge in [-0.25, -0.2) is 0 Å². The van der Waals surface area contributed by atoms with Gasteiger partial charge in [-0.3, -0.25) is 24.0 Å². The van der Waals surface area contributed by atoms with Crippen molar-refractivity contribution < 1.29 is 39.0 Å². The fourth-order valence-electron chi connectivity index (χ4n) is 3.26. The molecule has 12 nitrogen and oxygen atoms in total. The predicted octanol–water partition coefficient (Wildman–Crippen LogP) is -0.414. The van der Waals surface area contributed by atoms with E-state index in [9.17, 15) is 33.9 Å². The number of carbonyl (C=O) groups excluding carboxylic acids is 5. The van der Waals surface area contributed by atoms with Crippen LogP contribution in [0.5, 0.6) is 5.75 Å². The first kappa shape index (κ1) is 30.1. The van der Waals surface area contributed by atoms with Crippen LogP contribution >= 0.6 is 0 Å². The number of phenols is 1. The van der Waals surface area contributed by atoms with E-state index in [1.54, 1.807) is 26.0 Å². The topological polar surface area (TPSA) is 182 Å². The van der Waals surface area contributed by atoms with Crippen LogP contribution in [0, 0.1) is 5.92 Å². The van der Waals surface area contributed by atoms with E-state index in [1.165, 1.54) is 37.9 Å². The lowest BCUT2D eigenvalue weighted by Gasteiger charge is -2.30. The van der Waals surface area contributed by atoms with Crippen LogP contribution < -0.4 is 16.0 Å². The number of carbonyl (C=O) groups is 6. The van der Waals surface area contributed by atoms with Crippen molar-refractivity contribution in [2.24, 2.45) is 5.92 Å². The molecule has 1 aromatic carbocycles. The average Bonchev–Trinajstić information content (AvgIpc) is 2.80. The average molecular weight is 507 g/mol. The Kier molecular flexibility index (Phi) is 11.5. The summed E-state index contributed by atoms with van der Waals surface area (Å²) in [6, 6.07) is 1.77. The van der Waals surface area contributed by atoms with Gasteiger partial charge < -0.3 is 35.9 Å². The minimum Gasteiger partial charge on any atom is -0.508 e. The third-order valence-corrected chi connectivity index (χ3v) is 5.52. The molecule has 36 heavy (non-hydrogen) atoms. The van der Waals surface area contributed by atoms with Gasteiger partial charge in [0, 0.05) is 20.4 Å². The van der Waals surface area contributed by atoms with Crippen LogP contribution in [0.3, 0.4) is 0 Å². The number of aldehydes is 1. The highest BCUT2D eigenvalue weighted by molar-refractivity contribution is 5.94. The molecular formula is C24H34N4O8. The van der Waals surface area contributed by atoms with Gasteiger partial charge in [-0.2, -0.15) is 0 Å². The Morgan fingerprint density at radius 2 is 1.53 bits per heavy atom. The Hall–Kier alpha value is -3.96. The molecule has 5 N–H and O–H groups in total. The number of carboxylic acid groups (broad SMARTS) is 1. The molecule has 0 aliphatic heterocycles. The number of carboxylic acids is 1. The van der Waals surface area contributed by atoms with Crippen molar-refractivity contribution in [3.63, 3.8) is 0 Å². The maximum Gasteiger partial charge on any atom is 0.305 e. The number of rotatable bonds is 13. The predicted molar refractivity (Wildman–Crippen MR) is 129 cm³/mol. The Bertz CT molecular complexity index is 963. The molecule has 0 unspecified atom stereocenters. The lowest BCUT2D eigenvalue weighted by atomic mass is 10.00. The lowest BCUT2D eigenvalue weighted by Crippen LogP contribution is -2.58. The molecule has 0 fully saturated rings. The van der Waals surface area contributed by atoms with Crippen molar-refractivity contribution >= 4 is 35.9 Å². The first-order chi connectivity index (χ1) is 16.8. The molecule has 1 aromatic rings. The molecular weight excluding hydrogens is 472 g/mol. The van der Waals surface area contributed by atoms with Crippen molar-refractivity contribution in [3.8, 4) is 5.75 Å². The Labute approximate surface area is 209 Å². The van der Waals surface area contributed by atoms with E-state index >= 15 is 0 Å². The SMILES string of the molecule is CC(=O)N(C)[C@H](Cc1ccc(O)cc1)C(=O)N[C@H](C(=O)N[C@H](C)C(=O)N[C@@H](C=O)CC(=O)O)C(C)C. The molecule has 0 aliphatic carbocycles. The second-order valence-electron chi connectivity index (χ2n) is 8.83. The number of nitrogens with zero attached hydrogens (tertiary/aromatic N) is 1. The zero-order chi connectivity index (χ0) is 27.6. The number of aliphatic carboxylic acids is 1. The third-order valence-electron chi connectivity index (χ3n) is 5.52. The van der Waals surface area contributed by atoms with Gasteiger partial charge in [0.05, 0.1) is 12.5 Å². The second kappa shape index (κ2) is 13.8. The zero-order valence-corrected chi connectivity index (χ0v) is 21.0. The van der Waals surface area contributed by atoms with Crippen LogP contribution in [-0.4, -0.2) is 82.2 Å². The minimum atomic E-state index is -1.27. The molecule has 0 aromatic heterocycles. The quantitative estimate of drug-likeness (QED) is 0.224. The van der Waals surface area contributed by atoms with Gasteiger partial charge in [-0.1, -0.05) is 26.0 Å². The monoisotopic (exact) mass is 506 g/mol. The smallest absolute Gasteiger partial charge is 0.305 e. The number of benzene rings is 1. The fourth-order valence-corrected chi connectivity index (χ4v) is 3.26. The van der Waals surface area contributed by atoms with Gasteiger partial charge >= 0.3 is 5.97 Å². The van der Waals surface area contributed by atoms with Gasteiger partial charge in [0.15, 0.2) is 0 Å². The zero-order valence-electron chi connectivity index (χ0n) is 21.0. The Morgan fingerprint density at radius 1 is 0.944 bits per heavy atom. The highest BCUT2D eigenvalue weighted by Gasteiger charge is 2.32. The Balaban J connectivity index is 2.96. The summed E-state index contributed by atoms with van der Waals surface area (Å²) < 4.78 is 0. The van der Waals surface area contributed by atoms with Crippen LogP contribution in [-0.2, 0) is 35.2 Å². The minimum absolute atomic E-state index is 0.0526. The van der Waals surface area contributed by atoms with Crippen molar-refractivity contribution in [1.29, 1.82) is 0 Å². The van der Waals surface area contributed by atoms with Crippen molar-refractivity contribution in [3.05, 3.63) is 29.8 Å². The molecule has 0 heterocycles. The highest BCUT2D eigenvalue weighted by Crippen LogP contribution is 2.14. The molecule has 0 radical (unpaired) electrons. The van der Waals surface area contributed by atoms with Crippen LogP contribution in [0.15, 0.2) is 24.3 Å². The first-order valence-corrected chi connectivity index (χ1v) is 11.4. The summed E-state index contributed by atoms with van der Waals surface area (Å²) in [6.45, 7) is 6.04. The van der Waals surface area contributed by atoms with Crippen molar-refractivity contribution in [1.82, 2.24) is 20.9 Å². The Morgan fingerprint density at radius 3 is 2.00 bits per heavy atom. The summed E-state index contributed by atoms with van der Waals surface area (Å²) >= 11 is 0. The number of hydrogen-bond acceptors (Lipinski definition) is 7. The molecule has 4 amide bonds. The molecule has 198 valence electrons. The number of aromatic hydroxyl groups is 1. The molecule has 12 heteroatoms. The van der Waals surface area contributed by atoms with Crippen LogP contribution in [0.4, 0.5) is 0 Å². The van der Waals surface area contributed by atoms with E-state index < -0.39 is 60.2 Å². The number of likely N-dealkylation sites (N-methyl/N-ethyl adjacent to an activating group) is 1. The van der Waals surface area contributed by atoms with Gasteiger partial charge in [-0.05, 0) is 30.5 Å². The maximum atomic E-state index is 13.2. The summed E-state index contributed by atoms with van der Waals surface area (Å²) in [6.07, 6.45) is -0.186. The normalized spacial score (nSPS) is 14.1. The summed E-state index contributed by atoms with van der Waals surface area (Å²) in [5.41, 5.74) is 0.683. The number of hydrogen-bond donors (Lipinski definition) is 5. The van der Waals surface area contributed by atoms with E-state index in [1.807, 2.05) is 0 Å². The summed E-state index contributed by atoms with van der Waals surface area (Å²) in [5.74, 6) is -4.00. The first-order valence-electron chi connectivity index (χ1n) is 11.4. The van der Waals surface area contributed by atoms with Crippen molar-refractivity contribution in [2.75, 3.05) is 7.05 Å². The highest BCUT2D eigenvalue weighted by atomic mass is 16.4. The second-order valence-corrected chi connectivity index (χ2v) is 8.83. The van der Waals surface area contributed by atoms with Gasteiger partial charge in [-0.15, -0.1) is 0 Å². The number of amides is 4. The summed E-state index contributed by atoms with van der Waals surface area (Å²) in [7, 11) is 1.46. The van der Waals surface area contributed by atoms with Crippen LogP contribution in [0.25, 0.3) is 0 Å². The molecule has 0 saturated carbocycles. The molecule has 0 bridgehead atoms. The molecule has 0 saturated heterocycles.